The number of carbonyl (C=O) groups is 3. The maximum atomic E-state index is 12.8. The highest BCUT2D eigenvalue weighted by Crippen LogP contribution is 2.40. The van der Waals surface area contributed by atoms with Crippen molar-refractivity contribution in [3.8, 4) is 28.7 Å². The highest BCUT2D eigenvalue weighted by molar-refractivity contribution is 6.14. The molecule has 0 saturated carbocycles. The molecule has 0 aliphatic carbocycles. The molecule has 0 saturated heterocycles. The van der Waals surface area contributed by atoms with Gasteiger partial charge in [-0.3, -0.25) is 9.59 Å². The van der Waals surface area contributed by atoms with E-state index in [1.165, 1.54) is 52.5 Å². The summed E-state index contributed by atoms with van der Waals surface area (Å²) < 4.78 is 27.1. The van der Waals surface area contributed by atoms with Crippen molar-refractivity contribution in [3.05, 3.63) is 47.2 Å². The summed E-state index contributed by atoms with van der Waals surface area (Å²) in [4.78, 5) is 35.9. The Hall–Kier alpha value is -4.25. The molecular weight excluding hydrogens is 462 g/mol. The van der Waals surface area contributed by atoms with Crippen LogP contribution in [0.1, 0.15) is 22.8 Å². The van der Waals surface area contributed by atoms with Gasteiger partial charge >= 0.3 is 5.97 Å². The number of rotatable bonds is 10. The Morgan fingerprint density at radius 1 is 1.09 bits per heavy atom. The van der Waals surface area contributed by atoms with Crippen molar-refractivity contribution in [2.24, 2.45) is 0 Å². The van der Waals surface area contributed by atoms with Crippen LogP contribution in [-0.2, 0) is 9.59 Å². The van der Waals surface area contributed by atoms with E-state index in [2.05, 4.69) is 5.32 Å². The van der Waals surface area contributed by atoms with E-state index in [0.29, 0.717) is 28.4 Å². The van der Waals surface area contributed by atoms with Crippen molar-refractivity contribution in [3.63, 3.8) is 0 Å². The number of aliphatic hydroxyl groups excluding tert-OH is 1. The number of carboxylic acids is 1. The van der Waals surface area contributed by atoms with Crippen LogP contribution in [0.3, 0.4) is 0 Å². The fourth-order valence-corrected chi connectivity index (χ4v) is 3.35. The fraction of sp³-hybridized carbons (Fsp3) is 0.292. The molecule has 35 heavy (non-hydrogen) atoms. The molecule has 0 spiro atoms. The molecule has 1 aliphatic rings. The van der Waals surface area contributed by atoms with Gasteiger partial charge in [-0.2, -0.15) is 0 Å². The smallest absolute Gasteiger partial charge is 0.328 e. The molecule has 2 atom stereocenters. The van der Waals surface area contributed by atoms with Crippen LogP contribution >= 0.6 is 0 Å². The van der Waals surface area contributed by atoms with E-state index in [1.54, 1.807) is 12.1 Å². The normalized spacial score (nSPS) is 15.0. The number of amides is 1. The summed E-state index contributed by atoms with van der Waals surface area (Å²) >= 11 is 0. The predicted molar refractivity (Wildman–Crippen MR) is 122 cm³/mol. The number of aliphatic carboxylic acids is 1. The lowest BCUT2D eigenvalue weighted by molar-refractivity contribution is -0.145. The molecule has 11 heteroatoms. The van der Waals surface area contributed by atoms with Crippen LogP contribution in [0.25, 0.3) is 6.08 Å². The molecule has 3 rings (SSSR count). The quantitative estimate of drug-likeness (QED) is 0.422. The van der Waals surface area contributed by atoms with Crippen molar-refractivity contribution in [1.29, 1.82) is 0 Å². The molecule has 0 bridgehead atoms. The van der Waals surface area contributed by atoms with E-state index in [0.717, 1.165) is 0 Å². The van der Waals surface area contributed by atoms with Gasteiger partial charge in [-0.15, -0.1) is 0 Å². The van der Waals surface area contributed by atoms with Gasteiger partial charge in [-0.05, 0) is 42.8 Å². The average Bonchev–Trinajstić information content (AvgIpc) is 3.14. The zero-order valence-electron chi connectivity index (χ0n) is 19.5. The number of ketones is 1. The van der Waals surface area contributed by atoms with Gasteiger partial charge in [0.25, 0.3) is 5.91 Å². The third-order valence-corrected chi connectivity index (χ3v) is 5.06. The van der Waals surface area contributed by atoms with Crippen molar-refractivity contribution in [2.45, 2.75) is 19.1 Å². The molecule has 1 amide bonds. The molecule has 1 heterocycles. The Morgan fingerprint density at radius 2 is 1.74 bits per heavy atom. The zero-order valence-corrected chi connectivity index (χ0v) is 19.5. The van der Waals surface area contributed by atoms with E-state index in [4.69, 9.17) is 28.8 Å². The van der Waals surface area contributed by atoms with Crippen molar-refractivity contribution in [1.82, 2.24) is 5.32 Å². The van der Waals surface area contributed by atoms with Gasteiger partial charge in [0.2, 0.25) is 11.5 Å². The first-order chi connectivity index (χ1) is 16.7. The maximum Gasteiger partial charge on any atom is 0.328 e. The first kappa shape index (κ1) is 25.4. The highest BCUT2D eigenvalue weighted by atomic mass is 16.5. The standard InChI is InChI=1S/C24H25NO10/c1-12(26)21(24(29)30)25-20(27)11-34-14-5-6-15-16(10-14)35-17(22(15)28)7-13-8-18(31-2)23(33-4)19(9-13)32-3/h5-10,12,21,26H,11H2,1-4H3,(H,25,27)(H,29,30)/b17-7+/t12-,21+/m1/s1. The summed E-state index contributed by atoms with van der Waals surface area (Å²) in [6.07, 6.45) is 0.245. The van der Waals surface area contributed by atoms with Crippen molar-refractivity contribution < 1.29 is 48.3 Å². The monoisotopic (exact) mass is 487 g/mol. The third kappa shape index (κ3) is 5.64. The van der Waals surface area contributed by atoms with Crippen LogP contribution in [0.15, 0.2) is 36.1 Å². The summed E-state index contributed by atoms with van der Waals surface area (Å²) in [5.41, 5.74) is 0.885. The summed E-state index contributed by atoms with van der Waals surface area (Å²) in [6, 6.07) is 6.29. The number of Topliss-reactive ketones (excluding diaryl/α,β-unsaturated/α-hetero) is 1. The number of hydrogen-bond donors (Lipinski definition) is 3. The number of fused-ring (bicyclic) bond motifs is 1. The summed E-state index contributed by atoms with van der Waals surface area (Å²) in [7, 11) is 4.45. The SMILES string of the molecule is COc1cc(/C=C2/Oc3cc(OCC(=O)N[C@H](C(=O)O)[C@@H](C)O)ccc3C2=O)cc(OC)c1OC. The lowest BCUT2D eigenvalue weighted by atomic mass is 10.1. The lowest BCUT2D eigenvalue weighted by Crippen LogP contribution is -2.49. The first-order valence-electron chi connectivity index (χ1n) is 10.4. The molecule has 186 valence electrons. The van der Waals surface area contributed by atoms with Crippen LogP contribution in [0, 0.1) is 0 Å². The zero-order chi connectivity index (χ0) is 25.7. The Kier molecular flexibility index (Phi) is 7.82. The second-order valence-corrected chi connectivity index (χ2v) is 7.47. The number of allylic oxidation sites excluding steroid dienone is 1. The summed E-state index contributed by atoms with van der Waals surface area (Å²) in [6.45, 7) is 0.745. The van der Waals surface area contributed by atoms with Gasteiger partial charge < -0.3 is 39.2 Å². The Morgan fingerprint density at radius 3 is 2.29 bits per heavy atom. The first-order valence-corrected chi connectivity index (χ1v) is 10.4. The number of ether oxygens (including phenoxy) is 5. The molecule has 0 radical (unpaired) electrons. The molecule has 0 fully saturated rings. The van der Waals surface area contributed by atoms with E-state index in [1.807, 2.05) is 0 Å². The molecule has 0 aromatic heterocycles. The molecule has 2 aromatic carbocycles. The number of carboxylic acid groups (broad SMARTS) is 1. The maximum absolute atomic E-state index is 12.8. The average molecular weight is 487 g/mol. The van der Waals surface area contributed by atoms with E-state index >= 15 is 0 Å². The highest BCUT2D eigenvalue weighted by Gasteiger charge is 2.29. The van der Waals surface area contributed by atoms with Gasteiger partial charge in [-0.25, -0.2) is 4.79 Å². The Labute approximate surface area is 200 Å². The number of nitrogens with one attached hydrogen (secondary N) is 1. The second kappa shape index (κ2) is 10.8. The van der Waals surface area contributed by atoms with Gasteiger partial charge in [-0.1, -0.05) is 0 Å². The minimum Gasteiger partial charge on any atom is -0.493 e. The van der Waals surface area contributed by atoms with E-state index < -0.39 is 30.6 Å². The summed E-state index contributed by atoms with van der Waals surface area (Å²) in [5.74, 6) is -0.697. The third-order valence-electron chi connectivity index (χ3n) is 5.06. The topological polar surface area (TPSA) is 150 Å². The lowest BCUT2D eigenvalue weighted by Gasteiger charge is -2.17. The van der Waals surface area contributed by atoms with E-state index in [-0.39, 0.29) is 23.0 Å². The number of carbonyl (C=O) groups excluding carboxylic acids is 2. The van der Waals surface area contributed by atoms with Crippen LogP contribution in [-0.4, -0.2) is 68.0 Å². The van der Waals surface area contributed by atoms with Gasteiger partial charge in [0.1, 0.15) is 11.5 Å². The predicted octanol–water partition coefficient (Wildman–Crippen LogP) is 1.66. The number of benzene rings is 2. The Balaban J connectivity index is 1.74. The minimum absolute atomic E-state index is 0.0606. The Bertz CT molecular complexity index is 1150. The number of aliphatic hydroxyl groups is 1. The summed E-state index contributed by atoms with van der Waals surface area (Å²) in [5, 5.41) is 20.7. The van der Waals surface area contributed by atoms with Crippen LogP contribution in [0.5, 0.6) is 28.7 Å². The fourth-order valence-electron chi connectivity index (χ4n) is 3.35. The van der Waals surface area contributed by atoms with Gasteiger partial charge in [0.05, 0.1) is 33.0 Å². The van der Waals surface area contributed by atoms with Gasteiger partial charge in [0.15, 0.2) is 29.9 Å². The minimum atomic E-state index is -1.46. The molecule has 11 nitrogen and oxygen atoms in total. The van der Waals surface area contributed by atoms with Gasteiger partial charge in [0, 0.05) is 6.07 Å². The van der Waals surface area contributed by atoms with Crippen LogP contribution < -0.4 is 29.0 Å². The molecular formula is C24H25NO10. The van der Waals surface area contributed by atoms with Crippen LogP contribution in [0.2, 0.25) is 0 Å². The number of methoxy groups -OCH3 is 3. The largest absolute Gasteiger partial charge is 0.493 e. The van der Waals surface area contributed by atoms with Crippen molar-refractivity contribution in [2.75, 3.05) is 27.9 Å². The molecule has 1 aliphatic heterocycles. The number of hydrogen-bond acceptors (Lipinski definition) is 9. The van der Waals surface area contributed by atoms with Crippen LogP contribution in [0.4, 0.5) is 0 Å². The molecule has 0 unspecified atom stereocenters. The van der Waals surface area contributed by atoms with E-state index in [9.17, 15) is 19.5 Å². The van der Waals surface area contributed by atoms with Crippen molar-refractivity contribution >= 4 is 23.7 Å². The molecule has 2 aromatic rings. The molecule has 3 N–H and O–H groups in total. The second-order valence-electron chi connectivity index (χ2n) is 7.47.